The van der Waals surface area contributed by atoms with Gasteiger partial charge in [0.1, 0.15) is 16.4 Å². The lowest BCUT2D eigenvalue weighted by atomic mass is 10.2. The van der Waals surface area contributed by atoms with Crippen LogP contribution in [0.4, 0.5) is 11.4 Å². The van der Waals surface area contributed by atoms with E-state index in [2.05, 4.69) is 10.3 Å². The topological polar surface area (TPSA) is 111 Å². The highest BCUT2D eigenvalue weighted by atomic mass is 32.2. The molecule has 1 heterocycles. The van der Waals surface area contributed by atoms with Gasteiger partial charge in [0.15, 0.2) is 9.84 Å². The van der Waals surface area contributed by atoms with Gasteiger partial charge in [-0.15, -0.1) is 11.3 Å². The highest BCUT2D eigenvalue weighted by Gasteiger charge is 2.22. The molecule has 1 aromatic heterocycles. The molecule has 0 radical (unpaired) electrons. The van der Waals surface area contributed by atoms with Crippen molar-refractivity contribution in [3.63, 3.8) is 0 Å². The number of nitro groups is 1. The molecular formula is C20H21N3O5S2. The third-order valence-electron chi connectivity index (χ3n) is 4.53. The molecule has 0 fully saturated rings. The summed E-state index contributed by atoms with van der Waals surface area (Å²) in [5.41, 5.74) is 1.73. The molecule has 0 aliphatic heterocycles. The number of nitro benzene ring substituents is 1. The number of anilines is 1. The van der Waals surface area contributed by atoms with Crippen molar-refractivity contribution in [3.05, 3.63) is 63.1 Å². The molecule has 1 N–H and O–H groups in total. The van der Waals surface area contributed by atoms with Crippen molar-refractivity contribution in [1.82, 2.24) is 4.98 Å². The van der Waals surface area contributed by atoms with E-state index in [1.54, 1.807) is 7.11 Å². The van der Waals surface area contributed by atoms with Crippen LogP contribution in [0.1, 0.15) is 23.5 Å². The van der Waals surface area contributed by atoms with Gasteiger partial charge in [0, 0.05) is 22.8 Å². The van der Waals surface area contributed by atoms with Gasteiger partial charge >= 0.3 is 0 Å². The molecule has 8 nitrogen and oxygen atoms in total. The van der Waals surface area contributed by atoms with Crippen LogP contribution in [0.3, 0.4) is 0 Å². The van der Waals surface area contributed by atoms with Gasteiger partial charge in [-0.25, -0.2) is 13.4 Å². The summed E-state index contributed by atoms with van der Waals surface area (Å²) >= 11 is 1.49. The summed E-state index contributed by atoms with van der Waals surface area (Å²) in [5.74, 6) is 0.757. The number of methoxy groups -OCH3 is 1. The number of nitrogens with one attached hydrogen (secondary N) is 1. The molecule has 0 amide bonds. The van der Waals surface area contributed by atoms with E-state index in [0.717, 1.165) is 39.2 Å². The maximum absolute atomic E-state index is 11.7. The Hall–Kier alpha value is -2.98. The van der Waals surface area contributed by atoms with Crippen molar-refractivity contribution in [2.45, 2.75) is 24.8 Å². The van der Waals surface area contributed by atoms with Crippen LogP contribution in [0.2, 0.25) is 0 Å². The fourth-order valence-corrected chi connectivity index (χ4v) is 4.70. The fraction of sp³-hybridized carbons (Fsp3) is 0.250. The second-order valence-corrected chi connectivity index (χ2v) is 9.82. The molecule has 158 valence electrons. The lowest BCUT2D eigenvalue weighted by Crippen LogP contribution is -2.09. The average Bonchev–Trinajstić information content (AvgIpc) is 3.09. The molecule has 1 unspecified atom stereocenters. The molecule has 0 bridgehead atoms. The van der Waals surface area contributed by atoms with Crippen molar-refractivity contribution in [1.29, 1.82) is 0 Å². The first kappa shape index (κ1) is 21.7. The molecule has 0 saturated carbocycles. The second kappa shape index (κ2) is 8.41. The van der Waals surface area contributed by atoms with Gasteiger partial charge < -0.3 is 10.1 Å². The van der Waals surface area contributed by atoms with E-state index >= 15 is 0 Å². The molecule has 0 aliphatic rings. The predicted octanol–water partition coefficient (Wildman–Crippen LogP) is 4.61. The number of benzene rings is 2. The molecular weight excluding hydrogens is 426 g/mol. The van der Waals surface area contributed by atoms with Crippen molar-refractivity contribution < 1.29 is 18.1 Å². The van der Waals surface area contributed by atoms with Gasteiger partial charge in [-0.2, -0.15) is 0 Å². The van der Waals surface area contributed by atoms with E-state index in [1.807, 2.05) is 38.1 Å². The highest BCUT2D eigenvalue weighted by molar-refractivity contribution is 7.90. The highest BCUT2D eigenvalue weighted by Crippen LogP contribution is 2.36. The summed E-state index contributed by atoms with van der Waals surface area (Å²) in [5, 5.41) is 15.4. The number of aromatic nitrogens is 1. The summed E-state index contributed by atoms with van der Waals surface area (Å²) in [7, 11) is -1.94. The summed E-state index contributed by atoms with van der Waals surface area (Å²) in [6.45, 7) is 3.77. The summed E-state index contributed by atoms with van der Waals surface area (Å²) in [6, 6.07) is 11.2. The smallest absolute Gasteiger partial charge is 0.293 e. The Balaban J connectivity index is 1.90. The van der Waals surface area contributed by atoms with E-state index in [9.17, 15) is 18.5 Å². The van der Waals surface area contributed by atoms with Crippen molar-refractivity contribution in [2.75, 3.05) is 18.7 Å². The maximum atomic E-state index is 11.7. The number of sulfone groups is 1. The average molecular weight is 448 g/mol. The van der Waals surface area contributed by atoms with E-state index in [0.29, 0.717) is 0 Å². The first-order valence-corrected chi connectivity index (χ1v) is 11.7. The number of hydrogen-bond donors (Lipinski definition) is 1. The van der Waals surface area contributed by atoms with Crippen LogP contribution in [0.25, 0.3) is 10.6 Å². The molecule has 10 heteroatoms. The van der Waals surface area contributed by atoms with Crippen LogP contribution < -0.4 is 10.1 Å². The molecule has 3 aromatic rings. The number of hydrogen-bond acceptors (Lipinski definition) is 8. The molecule has 0 spiro atoms. The molecule has 2 aromatic carbocycles. The Kier molecular flexibility index (Phi) is 6.09. The summed E-state index contributed by atoms with van der Waals surface area (Å²) < 4.78 is 28.6. The lowest BCUT2D eigenvalue weighted by Gasteiger charge is -2.15. The van der Waals surface area contributed by atoms with Gasteiger partial charge in [0.2, 0.25) is 0 Å². The van der Waals surface area contributed by atoms with E-state index in [4.69, 9.17) is 4.74 Å². The van der Waals surface area contributed by atoms with Crippen LogP contribution in [0.5, 0.6) is 5.75 Å². The predicted molar refractivity (Wildman–Crippen MR) is 117 cm³/mol. The Labute approximate surface area is 178 Å². The van der Waals surface area contributed by atoms with Crippen LogP contribution in [-0.4, -0.2) is 31.7 Å². The Morgan fingerprint density at radius 1 is 1.20 bits per heavy atom. The summed E-state index contributed by atoms with van der Waals surface area (Å²) in [4.78, 5) is 16.4. The number of rotatable bonds is 7. The number of thiazole rings is 1. The maximum Gasteiger partial charge on any atom is 0.293 e. The third-order valence-corrected chi connectivity index (χ3v) is 7.03. The van der Waals surface area contributed by atoms with Gasteiger partial charge in [-0.3, -0.25) is 10.1 Å². The largest absolute Gasteiger partial charge is 0.497 e. The minimum Gasteiger partial charge on any atom is -0.497 e. The second-order valence-electron chi connectivity index (χ2n) is 6.77. The SMILES string of the molecule is COc1ccc(-c2nc(C)c(C(C)Nc3ccc(S(C)(=O)=O)cc3[N+](=O)[O-])s2)cc1. The standard InChI is InChI=1S/C20H21N3O5S2/c1-12(21-17-10-9-16(30(4,26)27)11-18(17)23(24)25)19-13(2)22-20(29-19)14-5-7-15(28-3)8-6-14/h5-12,21H,1-4H3. The van der Waals surface area contributed by atoms with E-state index in [1.165, 1.54) is 23.5 Å². The number of ether oxygens (including phenoxy) is 1. The van der Waals surface area contributed by atoms with Gasteiger partial charge in [0.05, 0.1) is 28.7 Å². The van der Waals surface area contributed by atoms with Gasteiger partial charge in [0.25, 0.3) is 5.69 Å². The fourth-order valence-electron chi connectivity index (χ4n) is 2.98. The zero-order valence-electron chi connectivity index (χ0n) is 16.9. The van der Waals surface area contributed by atoms with Crippen molar-refractivity contribution >= 4 is 32.5 Å². The Morgan fingerprint density at radius 3 is 2.43 bits per heavy atom. The lowest BCUT2D eigenvalue weighted by molar-refractivity contribution is -0.384. The summed E-state index contributed by atoms with van der Waals surface area (Å²) in [6.07, 6.45) is 1.02. The van der Waals surface area contributed by atoms with E-state index in [-0.39, 0.29) is 22.3 Å². The molecule has 1 atom stereocenters. The van der Waals surface area contributed by atoms with Crippen LogP contribution >= 0.6 is 11.3 Å². The van der Waals surface area contributed by atoms with Crippen LogP contribution in [0, 0.1) is 17.0 Å². The van der Waals surface area contributed by atoms with Crippen molar-refractivity contribution in [3.8, 4) is 16.3 Å². The monoisotopic (exact) mass is 447 g/mol. The number of aryl methyl sites for hydroxylation is 1. The zero-order chi connectivity index (χ0) is 22.1. The van der Waals surface area contributed by atoms with Crippen LogP contribution in [0.15, 0.2) is 47.4 Å². The van der Waals surface area contributed by atoms with Gasteiger partial charge in [-0.05, 0) is 50.2 Å². The zero-order valence-corrected chi connectivity index (χ0v) is 18.5. The Morgan fingerprint density at radius 2 is 1.87 bits per heavy atom. The minimum atomic E-state index is -3.54. The normalized spacial score (nSPS) is 12.4. The van der Waals surface area contributed by atoms with E-state index < -0.39 is 14.8 Å². The first-order valence-electron chi connectivity index (χ1n) is 8.97. The Bertz CT molecular complexity index is 1190. The van der Waals surface area contributed by atoms with Gasteiger partial charge in [-0.1, -0.05) is 0 Å². The van der Waals surface area contributed by atoms with Crippen molar-refractivity contribution in [2.24, 2.45) is 0 Å². The number of nitrogens with zero attached hydrogens (tertiary/aromatic N) is 2. The first-order chi connectivity index (χ1) is 14.1. The minimum absolute atomic E-state index is 0.0943. The van der Waals surface area contributed by atoms with Crippen LogP contribution in [-0.2, 0) is 9.84 Å². The molecule has 3 rings (SSSR count). The molecule has 0 saturated heterocycles. The molecule has 0 aliphatic carbocycles. The molecule has 30 heavy (non-hydrogen) atoms. The third kappa shape index (κ3) is 4.60. The quantitative estimate of drug-likeness (QED) is 0.416.